The summed E-state index contributed by atoms with van der Waals surface area (Å²) >= 11 is 0. The fourth-order valence-electron chi connectivity index (χ4n) is 6.13. The van der Waals surface area contributed by atoms with Crippen molar-refractivity contribution >= 4 is 17.9 Å². The summed E-state index contributed by atoms with van der Waals surface area (Å²) in [6, 6.07) is 32.7. The zero-order chi connectivity index (χ0) is 35.6. The molecule has 0 aliphatic carbocycles. The van der Waals surface area contributed by atoms with Crippen LogP contribution in [0.2, 0.25) is 0 Å². The minimum Gasteiger partial charge on any atom is -0.338 e. The van der Waals surface area contributed by atoms with Gasteiger partial charge in [-0.2, -0.15) is 13.2 Å². The summed E-state index contributed by atoms with van der Waals surface area (Å²) in [7, 11) is 0. The smallest absolute Gasteiger partial charge is 0.338 e. The third-order valence-corrected chi connectivity index (χ3v) is 8.93. The topological polar surface area (TPSA) is 69.6 Å². The van der Waals surface area contributed by atoms with E-state index in [1.165, 1.54) is 29.8 Å². The van der Waals surface area contributed by atoms with Crippen LogP contribution in [0.25, 0.3) is 17.3 Å². The normalized spacial score (nSPS) is 14.4. The molecule has 3 heterocycles. The Balaban J connectivity index is 1.28. The van der Waals surface area contributed by atoms with Gasteiger partial charge in [0, 0.05) is 75.4 Å². The Labute approximate surface area is 295 Å². The number of hydrogen-bond acceptors (Lipinski definition) is 5. The van der Waals surface area contributed by atoms with Gasteiger partial charge in [-0.05, 0) is 59.2 Å². The van der Waals surface area contributed by atoms with Gasteiger partial charge in [-0.25, -0.2) is 0 Å². The molecule has 2 aromatic heterocycles. The Morgan fingerprint density at radius 3 is 2.04 bits per heavy atom. The number of pyridine rings is 2. The number of carbonyl (C=O) groups is 2. The number of alkyl halides is 3. The average molecular weight is 690 g/mol. The Bertz CT molecular complexity index is 1900. The number of aromatic nitrogens is 2. The van der Waals surface area contributed by atoms with Crippen molar-refractivity contribution in [2.45, 2.75) is 31.7 Å². The van der Waals surface area contributed by atoms with E-state index in [-0.39, 0.29) is 18.9 Å². The maximum atomic E-state index is 14.5. The number of halogens is 3. The van der Waals surface area contributed by atoms with Crippen LogP contribution in [-0.2, 0) is 35.3 Å². The molecule has 1 fully saturated rings. The molecule has 51 heavy (non-hydrogen) atoms. The van der Waals surface area contributed by atoms with E-state index in [2.05, 4.69) is 27.0 Å². The third-order valence-electron chi connectivity index (χ3n) is 8.93. The molecule has 0 N–H and O–H groups in total. The maximum absolute atomic E-state index is 14.5. The Kier molecular flexibility index (Phi) is 11.3. The van der Waals surface area contributed by atoms with Crippen LogP contribution in [0.5, 0.6) is 0 Å². The number of amides is 2. The molecule has 1 saturated heterocycles. The van der Waals surface area contributed by atoms with E-state index in [9.17, 15) is 22.8 Å². The van der Waals surface area contributed by atoms with E-state index < -0.39 is 23.7 Å². The number of hydrogen-bond donors (Lipinski definition) is 0. The standard InChI is InChI=1S/C41H38F3N5O2/c42-41(43,44)35-19-14-31(15-20-35)16-21-39(50)49(30-33-12-17-34(18-13-33)37-11-5-7-23-46-37)38(28-36-10-4-6-22-45-36)40(51)48-26-24-47(25-27-48)29-32-8-2-1-3-9-32/h1-23,38H,24-30H2. The second-order valence-electron chi connectivity index (χ2n) is 12.5. The fraction of sp³-hybridized carbons (Fsp3) is 0.220. The average Bonchev–Trinajstić information content (AvgIpc) is 3.16. The lowest BCUT2D eigenvalue weighted by molar-refractivity contribution is -0.145. The number of piperazine rings is 1. The highest BCUT2D eigenvalue weighted by Gasteiger charge is 2.34. The first-order valence-corrected chi connectivity index (χ1v) is 16.8. The van der Waals surface area contributed by atoms with E-state index in [0.29, 0.717) is 37.4 Å². The molecular weight excluding hydrogens is 651 g/mol. The highest BCUT2D eigenvalue weighted by molar-refractivity contribution is 5.95. The second-order valence-corrected chi connectivity index (χ2v) is 12.5. The predicted octanol–water partition coefficient (Wildman–Crippen LogP) is 7.16. The van der Waals surface area contributed by atoms with Crippen molar-refractivity contribution in [1.82, 2.24) is 24.7 Å². The monoisotopic (exact) mass is 689 g/mol. The Morgan fingerprint density at radius 2 is 1.41 bits per heavy atom. The summed E-state index contributed by atoms with van der Waals surface area (Å²) in [5.74, 6) is -0.623. The minimum absolute atomic E-state index is 0.121. The van der Waals surface area contributed by atoms with Crippen LogP contribution in [0.15, 0.2) is 134 Å². The van der Waals surface area contributed by atoms with Gasteiger partial charge in [0.25, 0.3) is 0 Å². The molecular formula is C41H38F3N5O2. The molecule has 0 radical (unpaired) electrons. The molecule has 0 bridgehead atoms. The van der Waals surface area contributed by atoms with E-state index in [1.807, 2.05) is 77.7 Å². The minimum atomic E-state index is -4.47. The molecule has 0 spiro atoms. The molecule has 2 amide bonds. The van der Waals surface area contributed by atoms with Gasteiger partial charge in [0.05, 0.1) is 11.3 Å². The number of rotatable bonds is 11. The Morgan fingerprint density at radius 1 is 0.745 bits per heavy atom. The molecule has 6 rings (SSSR count). The zero-order valence-corrected chi connectivity index (χ0v) is 28.0. The Hall–Kier alpha value is -5.61. The predicted molar refractivity (Wildman–Crippen MR) is 191 cm³/mol. The van der Waals surface area contributed by atoms with Crippen molar-refractivity contribution in [1.29, 1.82) is 0 Å². The van der Waals surface area contributed by atoms with Gasteiger partial charge in [-0.15, -0.1) is 0 Å². The van der Waals surface area contributed by atoms with Crippen LogP contribution in [0.1, 0.15) is 27.9 Å². The van der Waals surface area contributed by atoms with Crippen LogP contribution in [0.4, 0.5) is 13.2 Å². The lowest BCUT2D eigenvalue weighted by Crippen LogP contribution is -2.56. The summed E-state index contributed by atoms with van der Waals surface area (Å²) in [6.07, 6.45) is 1.91. The molecule has 0 saturated carbocycles. The van der Waals surface area contributed by atoms with Crippen molar-refractivity contribution in [3.63, 3.8) is 0 Å². The van der Waals surface area contributed by atoms with Crippen LogP contribution in [-0.4, -0.2) is 68.7 Å². The first-order valence-electron chi connectivity index (χ1n) is 16.8. The number of carbonyl (C=O) groups excluding carboxylic acids is 2. The molecule has 5 aromatic rings. The quantitative estimate of drug-likeness (QED) is 0.138. The largest absolute Gasteiger partial charge is 0.416 e. The summed E-state index contributed by atoms with van der Waals surface area (Å²) in [4.78, 5) is 43.2. The van der Waals surface area contributed by atoms with Gasteiger partial charge >= 0.3 is 6.18 Å². The molecule has 7 nitrogen and oxygen atoms in total. The van der Waals surface area contributed by atoms with E-state index in [1.54, 1.807) is 23.4 Å². The number of benzene rings is 3. The van der Waals surface area contributed by atoms with Gasteiger partial charge in [-0.1, -0.05) is 78.9 Å². The lowest BCUT2D eigenvalue weighted by Gasteiger charge is -2.39. The third kappa shape index (κ3) is 9.55. The van der Waals surface area contributed by atoms with Crippen LogP contribution in [0.3, 0.4) is 0 Å². The van der Waals surface area contributed by atoms with Crippen molar-refractivity contribution in [3.05, 3.63) is 162 Å². The van der Waals surface area contributed by atoms with Crippen molar-refractivity contribution in [3.8, 4) is 11.3 Å². The van der Waals surface area contributed by atoms with Gasteiger partial charge in [-0.3, -0.25) is 24.5 Å². The van der Waals surface area contributed by atoms with Crippen molar-refractivity contribution in [2.75, 3.05) is 26.2 Å². The summed E-state index contributed by atoms with van der Waals surface area (Å²) in [5, 5.41) is 0. The first-order chi connectivity index (χ1) is 24.7. The summed E-state index contributed by atoms with van der Waals surface area (Å²) < 4.78 is 39.5. The van der Waals surface area contributed by atoms with Crippen LogP contribution >= 0.6 is 0 Å². The van der Waals surface area contributed by atoms with Gasteiger partial charge < -0.3 is 9.80 Å². The molecule has 3 aromatic carbocycles. The van der Waals surface area contributed by atoms with Crippen LogP contribution in [0, 0.1) is 0 Å². The molecule has 1 aliphatic rings. The van der Waals surface area contributed by atoms with Gasteiger partial charge in [0.15, 0.2) is 0 Å². The molecule has 1 atom stereocenters. The van der Waals surface area contributed by atoms with Crippen LogP contribution < -0.4 is 0 Å². The molecule has 10 heteroatoms. The lowest BCUT2D eigenvalue weighted by atomic mass is 10.0. The van der Waals surface area contributed by atoms with Crippen molar-refractivity contribution < 1.29 is 22.8 Å². The SMILES string of the molecule is O=C(C(Cc1ccccn1)N(Cc1ccc(-c2ccccn2)cc1)C(=O)C=Cc1ccc(C(F)(F)F)cc1)N1CCN(Cc2ccccc2)CC1. The second kappa shape index (κ2) is 16.4. The first kappa shape index (κ1) is 35.2. The summed E-state index contributed by atoms with van der Waals surface area (Å²) in [5.41, 5.74) is 4.05. The van der Waals surface area contributed by atoms with E-state index >= 15 is 0 Å². The highest BCUT2D eigenvalue weighted by Crippen LogP contribution is 2.29. The van der Waals surface area contributed by atoms with Gasteiger partial charge in [0.2, 0.25) is 11.8 Å². The fourth-order valence-corrected chi connectivity index (χ4v) is 6.13. The highest BCUT2D eigenvalue weighted by atomic mass is 19.4. The summed E-state index contributed by atoms with van der Waals surface area (Å²) in [6.45, 7) is 3.30. The van der Waals surface area contributed by atoms with E-state index in [0.717, 1.165) is 35.5 Å². The molecule has 1 unspecified atom stereocenters. The molecule has 260 valence electrons. The molecule has 1 aliphatic heterocycles. The van der Waals surface area contributed by atoms with Gasteiger partial charge in [0.1, 0.15) is 6.04 Å². The van der Waals surface area contributed by atoms with Crippen molar-refractivity contribution in [2.24, 2.45) is 0 Å². The maximum Gasteiger partial charge on any atom is 0.416 e. The zero-order valence-electron chi connectivity index (χ0n) is 28.0. The number of nitrogens with zero attached hydrogens (tertiary/aromatic N) is 5. The van der Waals surface area contributed by atoms with E-state index in [4.69, 9.17) is 0 Å².